The molecule has 2 heteroatoms. The van der Waals surface area contributed by atoms with Gasteiger partial charge in [0.25, 0.3) is 0 Å². The molecule has 0 heterocycles. The van der Waals surface area contributed by atoms with Gasteiger partial charge in [0, 0.05) is 20.5 Å². The van der Waals surface area contributed by atoms with Crippen molar-refractivity contribution in [1.82, 2.24) is 4.90 Å². The van der Waals surface area contributed by atoms with Gasteiger partial charge in [0.05, 0.1) is 0 Å². The average Bonchev–Trinajstić information content (AvgIpc) is 2.37. The Morgan fingerprint density at radius 2 is 1.83 bits per heavy atom. The zero-order chi connectivity index (χ0) is 13.1. The van der Waals surface area contributed by atoms with Crippen molar-refractivity contribution in [3.63, 3.8) is 0 Å². The molecule has 2 nitrogen and oxygen atoms in total. The minimum absolute atomic E-state index is 0.113. The van der Waals surface area contributed by atoms with Crippen LogP contribution in [0.4, 0.5) is 0 Å². The molecule has 0 saturated carbocycles. The Morgan fingerprint density at radius 3 is 2.56 bits per heavy atom. The summed E-state index contributed by atoms with van der Waals surface area (Å²) < 4.78 is 0. The maximum atomic E-state index is 11.3. The molecule has 0 spiro atoms. The van der Waals surface area contributed by atoms with Gasteiger partial charge in [-0.1, -0.05) is 49.4 Å². The van der Waals surface area contributed by atoms with Crippen LogP contribution in [0.25, 0.3) is 10.8 Å². The third kappa shape index (κ3) is 2.53. The van der Waals surface area contributed by atoms with Crippen LogP contribution in [0.3, 0.4) is 0 Å². The molecule has 1 unspecified atom stereocenters. The van der Waals surface area contributed by atoms with Gasteiger partial charge in [0.2, 0.25) is 5.91 Å². The summed E-state index contributed by atoms with van der Waals surface area (Å²) in [5.41, 5.74) is 1.31. The largest absolute Gasteiger partial charge is 0.345 e. The number of hydrogen-bond acceptors (Lipinski definition) is 1. The summed E-state index contributed by atoms with van der Waals surface area (Å²) in [7, 11) is 1.85. The fourth-order valence-electron chi connectivity index (χ4n) is 2.32. The smallest absolute Gasteiger partial charge is 0.219 e. The van der Waals surface area contributed by atoms with Gasteiger partial charge in [0.15, 0.2) is 0 Å². The van der Waals surface area contributed by atoms with Crippen LogP contribution in [0.5, 0.6) is 0 Å². The van der Waals surface area contributed by atoms with Crippen molar-refractivity contribution in [3.8, 4) is 0 Å². The Balaban J connectivity index is 2.33. The van der Waals surface area contributed by atoms with E-state index >= 15 is 0 Å². The van der Waals surface area contributed by atoms with Gasteiger partial charge in [-0.15, -0.1) is 0 Å². The highest BCUT2D eigenvalue weighted by Crippen LogP contribution is 2.25. The Kier molecular flexibility index (Phi) is 3.66. The first kappa shape index (κ1) is 12.6. The van der Waals surface area contributed by atoms with Crippen LogP contribution in [-0.2, 0) is 4.79 Å². The molecule has 2 aromatic carbocycles. The van der Waals surface area contributed by atoms with E-state index in [0.717, 1.165) is 6.54 Å². The minimum atomic E-state index is 0.113. The van der Waals surface area contributed by atoms with Crippen LogP contribution in [0, 0.1) is 0 Å². The number of likely N-dealkylation sites (N-methyl/N-ethyl adjacent to an activating group) is 1. The first-order valence-corrected chi connectivity index (χ1v) is 6.29. The van der Waals surface area contributed by atoms with E-state index in [4.69, 9.17) is 0 Å². The van der Waals surface area contributed by atoms with Crippen molar-refractivity contribution in [2.24, 2.45) is 0 Å². The molecule has 1 amide bonds. The van der Waals surface area contributed by atoms with Crippen molar-refractivity contribution in [3.05, 3.63) is 48.0 Å². The first-order chi connectivity index (χ1) is 8.59. The predicted molar refractivity (Wildman–Crippen MR) is 75.7 cm³/mol. The van der Waals surface area contributed by atoms with E-state index in [1.165, 1.54) is 16.3 Å². The Labute approximate surface area is 108 Å². The summed E-state index contributed by atoms with van der Waals surface area (Å²) in [6.45, 7) is 4.53. The maximum Gasteiger partial charge on any atom is 0.219 e. The van der Waals surface area contributed by atoms with Gasteiger partial charge in [0.1, 0.15) is 0 Å². The highest BCUT2D eigenvalue weighted by molar-refractivity contribution is 5.86. The number of hydrogen-bond donors (Lipinski definition) is 0. The van der Waals surface area contributed by atoms with Gasteiger partial charge in [-0.05, 0) is 22.3 Å². The normalized spacial score (nSPS) is 12.4. The van der Waals surface area contributed by atoms with Crippen LogP contribution in [-0.4, -0.2) is 24.4 Å². The van der Waals surface area contributed by atoms with Crippen LogP contribution < -0.4 is 0 Å². The molecule has 94 valence electrons. The standard InChI is InChI=1S/C16H19NO/c1-12(11-17(3)13(2)18)15-10-6-8-14-7-4-5-9-16(14)15/h4-10,12H,11H2,1-3H3. The van der Waals surface area contributed by atoms with Crippen LogP contribution in [0.2, 0.25) is 0 Å². The second-order valence-electron chi connectivity index (χ2n) is 4.87. The molecule has 18 heavy (non-hydrogen) atoms. The number of benzene rings is 2. The SMILES string of the molecule is CC(=O)N(C)CC(C)c1cccc2ccccc12. The zero-order valence-corrected chi connectivity index (χ0v) is 11.2. The molecule has 0 aromatic heterocycles. The molecule has 0 aliphatic rings. The quantitative estimate of drug-likeness (QED) is 0.806. The van der Waals surface area contributed by atoms with Gasteiger partial charge in [-0.2, -0.15) is 0 Å². The lowest BCUT2D eigenvalue weighted by molar-refractivity contribution is -0.127. The number of amides is 1. The fourth-order valence-corrected chi connectivity index (χ4v) is 2.32. The molecule has 1 atom stereocenters. The van der Waals surface area contributed by atoms with Gasteiger partial charge < -0.3 is 4.90 Å². The number of carbonyl (C=O) groups is 1. The summed E-state index contributed by atoms with van der Waals surface area (Å²) >= 11 is 0. The number of nitrogens with zero attached hydrogens (tertiary/aromatic N) is 1. The minimum Gasteiger partial charge on any atom is -0.345 e. The highest BCUT2D eigenvalue weighted by Gasteiger charge is 2.12. The summed E-state index contributed by atoms with van der Waals surface area (Å²) in [6.07, 6.45) is 0. The number of fused-ring (bicyclic) bond motifs is 1. The van der Waals surface area contributed by atoms with Crippen LogP contribution in [0.1, 0.15) is 25.3 Å². The lowest BCUT2D eigenvalue weighted by Crippen LogP contribution is -2.28. The Bertz CT molecular complexity index is 557. The van der Waals surface area contributed by atoms with Crippen molar-refractivity contribution < 1.29 is 4.79 Å². The lowest BCUT2D eigenvalue weighted by atomic mass is 9.94. The summed E-state index contributed by atoms with van der Waals surface area (Å²) in [5.74, 6) is 0.451. The molecular weight excluding hydrogens is 222 g/mol. The van der Waals surface area contributed by atoms with E-state index in [0.29, 0.717) is 5.92 Å². The molecule has 0 radical (unpaired) electrons. The van der Waals surface area contributed by atoms with Gasteiger partial charge in [-0.25, -0.2) is 0 Å². The Morgan fingerprint density at radius 1 is 1.17 bits per heavy atom. The molecule has 0 saturated heterocycles. The second kappa shape index (κ2) is 5.21. The highest BCUT2D eigenvalue weighted by atomic mass is 16.2. The summed E-state index contributed by atoms with van der Waals surface area (Å²) in [5, 5.41) is 2.54. The van der Waals surface area contributed by atoms with Crippen LogP contribution in [0.15, 0.2) is 42.5 Å². The van der Waals surface area contributed by atoms with Gasteiger partial charge in [-0.3, -0.25) is 4.79 Å². The van der Waals surface area contributed by atoms with E-state index < -0.39 is 0 Å². The van der Waals surface area contributed by atoms with E-state index in [1.807, 2.05) is 7.05 Å². The number of carbonyl (C=O) groups excluding carboxylic acids is 1. The molecule has 0 fully saturated rings. The zero-order valence-electron chi connectivity index (χ0n) is 11.2. The van der Waals surface area contributed by atoms with Crippen molar-refractivity contribution >= 4 is 16.7 Å². The fraction of sp³-hybridized carbons (Fsp3) is 0.312. The third-order valence-electron chi connectivity index (χ3n) is 3.44. The van der Waals surface area contributed by atoms with Crippen molar-refractivity contribution in [2.45, 2.75) is 19.8 Å². The van der Waals surface area contributed by atoms with Crippen molar-refractivity contribution in [2.75, 3.05) is 13.6 Å². The average molecular weight is 241 g/mol. The molecule has 0 aliphatic heterocycles. The molecular formula is C16H19NO. The molecule has 2 aromatic rings. The predicted octanol–water partition coefficient (Wildman–Crippen LogP) is 3.42. The molecule has 2 rings (SSSR count). The lowest BCUT2D eigenvalue weighted by Gasteiger charge is -2.21. The van der Waals surface area contributed by atoms with E-state index in [-0.39, 0.29) is 5.91 Å². The third-order valence-corrected chi connectivity index (χ3v) is 3.44. The summed E-state index contributed by atoms with van der Waals surface area (Å²) in [6, 6.07) is 14.8. The monoisotopic (exact) mass is 241 g/mol. The summed E-state index contributed by atoms with van der Waals surface area (Å²) in [4.78, 5) is 13.1. The van der Waals surface area contributed by atoms with Crippen LogP contribution >= 0.6 is 0 Å². The molecule has 0 N–H and O–H groups in total. The molecule has 0 aliphatic carbocycles. The second-order valence-corrected chi connectivity index (χ2v) is 4.87. The van der Waals surface area contributed by atoms with E-state index in [1.54, 1.807) is 11.8 Å². The number of rotatable bonds is 3. The first-order valence-electron chi connectivity index (χ1n) is 6.29. The van der Waals surface area contributed by atoms with Gasteiger partial charge >= 0.3 is 0 Å². The van der Waals surface area contributed by atoms with E-state index in [2.05, 4.69) is 49.4 Å². The van der Waals surface area contributed by atoms with Crippen molar-refractivity contribution in [1.29, 1.82) is 0 Å². The maximum absolute atomic E-state index is 11.3. The molecule has 0 bridgehead atoms. The van der Waals surface area contributed by atoms with E-state index in [9.17, 15) is 4.79 Å². The Hall–Kier alpha value is -1.83. The topological polar surface area (TPSA) is 20.3 Å².